The van der Waals surface area contributed by atoms with Crippen molar-refractivity contribution in [3.8, 4) is 11.4 Å². The molecule has 0 amide bonds. The highest BCUT2D eigenvalue weighted by atomic mass is 35.5. The van der Waals surface area contributed by atoms with Gasteiger partial charge in [0.15, 0.2) is 5.82 Å². The minimum absolute atomic E-state index is 0.0728. The molecule has 1 heterocycles. The monoisotopic (exact) mass is 238 g/mol. The van der Waals surface area contributed by atoms with Gasteiger partial charge in [-0.25, -0.2) is 9.67 Å². The van der Waals surface area contributed by atoms with Crippen LogP contribution in [0, 0.1) is 10.1 Å². The van der Waals surface area contributed by atoms with Crippen molar-refractivity contribution in [2.45, 2.75) is 0 Å². The Balaban J connectivity index is 2.63. The van der Waals surface area contributed by atoms with Gasteiger partial charge in [-0.1, -0.05) is 17.7 Å². The molecule has 0 aliphatic heterocycles. The van der Waals surface area contributed by atoms with E-state index in [1.54, 1.807) is 19.2 Å². The normalized spacial score (nSPS) is 10.4. The Morgan fingerprint density at radius 1 is 1.50 bits per heavy atom. The molecular weight excluding hydrogens is 232 g/mol. The lowest BCUT2D eigenvalue weighted by Gasteiger charge is -2.03. The number of halogens is 1. The van der Waals surface area contributed by atoms with Crippen LogP contribution < -0.4 is 0 Å². The maximum Gasteiger partial charge on any atom is 0.288 e. The zero-order valence-corrected chi connectivity index (χ0v) is 9.05. The van der Waals surface area contributed by atoms with Crippen molar-refractivity contribution in [3.63, 3.8) is 0 Å². The third-order valence-corrected chi connectivity index (χ3v) is 2.52. The molecule has 2 aromatic rings. The number of aryl methyl sites for hydroxylation is 1. The third-order valence-electron chi connectivity index (χ3n) is 2.13. The van der Waals surface area contributed by atoms with Crippen molar-refractivity contribution in [1.29, 1.82) is 0 Å². The molecule has 0 fully saturated rings. The molecule has 0 spiro atoms. The first kappa shape index (κ1) is 10.6. The average Bonchev–Trinajstić information content (AvgIpc) is 2.64. The molecule has 0 radical (unpaired) electrons. The number of nitrogens with zero attached hydrogens (tertiary/aromatic N) is 4. The summed E-state index contributed by atoms with van der Waals surface area (Å²) in [6, 6.07) is 4.58. The lowest BCUT2D eigenvalue weighted by atomic mass is 10.2. The van der Waals surface area contributed by atoms with Crippen molar-refractivity contribution in [3.05, 3.63) is 39.7 Å². The molecule has 0 bridgehead atoms. The molecule has 1 aromatic carbocycles. The molecule has 82 valence electrons. The van der Waals surface area contributed by atoms with E-state index in [0.717, 1.165) is 0 Å². The first-order chi connectivity index (χ1) is 7.61. The van der Waals surface area contributed by atoms with Crippen LogP contribution in [0.1, 0.15) is 0 Å². The van der Waals surface area contributed by atoms with Gasteiger partial charge < -0.3 is 0 Å². The predicted octanol–water partition coefficient (Wildman–Crippen LogP) is 2.04. The van der Waals surface area contributed by atoms with Crippen LogP contribution in [-0.4, -0.2) is 19.7 Å². The topological polar surface area (TPSA) is 73.8 Å². The molecule has 2 rings (SSSR count). The van der Waals surface area contributed by atoms with Gasteiger partial charge in [0.2, 0.25) is 0 Å². The molecule has 0 N–H and O–H groups in total. The lowest BCUT2D eigenvalue weighted by molar-refractivity contribution is -0.384. The molecule has 0 saturated carbocycles. The SMILES string of the molecule is Cn1ncnc1-c1cccc([N+](=O)[O-])c1Cl. The van der Waals surface area contributed by atoms with Gasteiger partial charge in [-0.15, -0.1) is 0 Å². The van der Waals surface area contributed by atoms with E-state index >= 15 is 0 Å². The van der Waals surface area contributed by atoms with Gasteiger partial charge in [0, 0.05) is 18.7 Å². The number of nitro benzene ring substituents is 1. The maximum absolute atomic E-state index is 10.7. The van der Waals surface area contributed by atoms with Crippen LogP contribution in [0.5, 0.6) is 0 Å². The Morgan fingerprint density at radius 2 is 2.25 bits per heavy atom. The van der Waals surface area contributed by atoms with Crippen molar-refractivity contribution < 1.29 is 4.92 Å². The third kappa shape index (κ3) is 1.63. The second-order valence-electron chi connectivity index (χ2n) is 3.10. The summed E-state index contributed by atoms with van der Waals surface area (Å²) in [5.74, 6) is 0.494. The zero-order valence-electron chi connectivity index (χ0n) is 8.29. The van der Waals surface area contributed by atoms with Crippen molar-refractivity contribution >= 4 is 17.3 Å². The van der Waals surface area contributed by atoms with Crippen LogP contribution in [0.2, 0.25) is 5.02 Å². The van der Waals surface area contributed by atoms with Gasteiger partial charge in [0.05, 0.1) is 4.92 Å². The summed E-state index contributed by atoms with van der Waals surface area (Å²) in [7, 11) is 1.69. The van der Waals surface area contributed by atoms with Gasteiger partial charge in [-0.3, -0.25) is 10.1 Å². The molecule has 6 nitrogen and oxygen atoms in total. The molecule has 0 aliphatic rings. The fraction of sp³-hybridized carbons (Fsp3) is 0.111. The zero-order chi connectivity index (χ0) is 11.7. The summed E-state index contributed by atoms with van der Waals surface area (Å²) in [4.78, 5) is 14.2. The van der Waals surface area contributed by atoms with Crippen LogP contribution in [0.15, 0.2) is 24.5 Å². The van der Waals surface area contributed by atoms with Gasteiger partial charge in [0.25, 0.3) is 5.69 Å². The van der Waals surface area contributed by atoms with Crippen molar-refractivity contribution in [2.24, 2.45) is 7.05 Å². The summed E-state index contributed by atoms with van der Waals surface area (Å²) >= 11 is 5.94. The Kier molecular flexibility index (Phi) is 2.57. The van der Waals surface area contributed by atoms with E-state index in [1.807, 2.05) is 0 Å². The van der Waals surface area contributed by atoms with E-state index in [1.165, 1.54) is 17.1 Å². The van der Waals surface area contributed by atoms with Crippen LogP contribution in [0.3, 0.4) is 0 Å². The summed E-state index contributed by atoms with van der Waals surface area (Å²) in [5, 5.41) is 14.7. The summed E-state index contributed by atoms with van der Waals surface area (Å²) in [6.07, 6.45) is 1.37. The Morgan fingerprint density at radius 3 is 2.81 bits per heavy atom. The van der Waals surface area contributed by atoms with Crippen molar-refractivity contribution in [2.75, 3.05) is 0 Å². The van der Waals surface area contributed by atoms with Gasteiger partial charge in [0.1, 0.15) is 11.3 Å². The second kappa shape index (κ2) is 3.90. The van der Waals surface area contributed by atoms with Crippen LogP contribution in [0.25, 0.3) is 11.4 Å². The first-order valence-electron chi connectivity index (χ1n) is 4.38. The van der Waals surface area contributed by atoms with E-state index < -0.39 is 4.92 Å². The quantitative estimate of drug-likeness (QED) is 0.593. The summed E-state index contributed by atoms with van der Waals surface area (Å²) < 4.78 is 1.50. The molecular formula is C9H7ClN4O2. The largest absolute Gasteiger partial charge is 0.288 e. The fourth-order valence-corrected chi connectivity index (χ4v) is 1.65. The molecule has 7 heteroatoms. The molecule has 0 aliphatic carbocycles. The Bertz CT molecular complexity index is 552. The van der Waals surface area contributed by atoms with E-state index in [-0.39, 0.29) is 10.7 Å². The Hall–Kier alpha value is -1.95. The summed E-state index contributed by atoms with van der Waals surface area (Å²) in [5.41, 5.74) is 0.359. The highest BCUT2D eigenvalue weighted by Crippen LogP contribution is 2.33. The Labute approximate surface area is 95.6 Å². The molecule has 16 heavy (non-hydrogen) atoms. The summed E-state index contributed by atoms with van der Waals surface area (Å²) in [6.45, 7) is 0. The van der Waals surface area contributed by atoms with Crippen molar-refractivity contribution in [1.82, 2.24) is 14.8 Å². The number of hydrogen-bond acceptors (Lipinski definition) is 4. The molecule has 0 unspecified atom stereocenters. The molecule has 0 atom stereocenters. The number of nitro groups is 1. The highest BCUT2D eigenvalue weighted by molar-refractivity contribution is 6.35. The maximum atomic E-state index is 10.7. The number of aromatic nitrogens is 3. The lowest BCUT2D eigenvalue weighted by Crippen LogP contribution is -1.97. The van der Waals surface area contributed by atoms with Gasteiger partial charge in [-0.05, 0) is 6.07 Å². The van der Waals surface area contributed by atoms with Gasteiger partial charge >= 0.3 is 0 Å². The molecule has 0 saturated heterocycles. The number of benzene rings is 1. The second-order valence-corrected chi connectivity index (χ2v) is 3.48. The molecule has 1 aromatic heterocycles. The minimum atomic E-state index is -0.526. The van der Waals surface area contributed by atoms with E-state index in [0.29, 0.717) is 11.4 Å². The predicted molar refractivity (Wildman–Crippen MR) is 58.1 cm³/mol. The van der Waals surface area contributed by atoms with Gasteiger partial charge in [-0.2, -0.15) is 5.10 Å². The van der Waals surface area contributed by atoms with Crippen LogP contribution in [0.4, 0.5) is 5.69 Å². The highest BCUT2D eigenvalue weighted by Gasteiger charge is 2.18. The number of rotatable bonds is 2. The minimum Gasteiger partial charge on any atom is -0.258 e. The van der Waals surface area contributed by atoms with E-state index in [9.17, 15) is 10.1 Å². The first-order valence-corrected chi connectivity index (χ1v) is 4.76. The van der Waals surface area contributed by atoms with E-state index in [2.05, 4.69) is 10.1 Å². The van der Waals surface area contributed by atoms with E-state index in [4.69, 9.17) is 11.6 Å². The fourth-order valence-electron chi connectivity index (χ4n) is 1.37. The average molecular weight is 239 g/mol. The standard InChI is InChI=1S/C9H7ClN4O2/c1-13-9(11-5-12-13)6-3-2-4-7(8(6)10)14(15)16/h2-5H,1H3. The smallest absolute Gasteiger partial charge is 0.258 e. The van der Waals surface area contributed by atoms with Crippen LogP contribution in [-0.2, 0) is 7.05 Å². The number of hydrogen-bond donors (Lipinski definition) is 0. The van der Waals surface area contributed by atoms with Crippen LogP contribution >= 0.6 is 11.6 Å².